The second-order valence-corrected chi connectivity index (χ2v) is 6.81. The van der Waals surface area contributed by atoms with Crippen LogP contribution in [0, 0.1) is 6.92 Å². The van der Waals surface area contributed by atoms with E-state index in [2.05, 4.69) is 4.98 Å². The summed E-state index contributed by atoms with van der Waals surface area (Å²) in [5.74, 6) is 0.849. The van der Waals surface area contributed by atoms with Gasteiger partial charge < -0.3 is 9.64 Å². The third-order valence-electron chi connectivity index (χ3n) is 4.04. The third kappa shape index (κ3) is 3.88. The maximum atomic E-state index is 12.6. The van der Waals surface area contributed by atoms with Gasteiger partial charge in [-0.25, -0.2) is 4.98 Å². The van der Waals surface area contributed by atoms with Gasteiger partial charge in [-0.3, -0.25) is 4.79 Å². The van der Waals surface area contributed by atoms with Gasteiger partial charge in [-0.1, -0.05) is 30.3 Å². The molecule has 1 heterocycles. The second-order valence-electron chi connectivity index (χ2n) is 5.72. The molecule has 0 saturated carbocycles. The third-order valence-corrected chi connectivity index (χ3v) is 5.25. The van der Waals surface area contributed by atoms with Crippen LogP contribution in [0.4, 0.5) is 5.69 Å². The Morgan fingerprint density at radius 2 is 1.92 bits per heavy atom. The van der Waals surface area contributed by atoms with Gasteiger partial charge in [0.05, 0.1) is 19.2 Å². The van der Waals surface area contributed by atoms with Gasteiger partial charge in [-0.05, 0) is 31.2 Å². The quantitative estimate of drug-likeness (QED) is 0.686. The van der Waals surface area contributed by atoms with E-state index in [9.17, 15) is 4.79 Å². The summed E-state index contributed by atoms with van der Waals surface area (Å²) in [6.45, 7) is 1.95. The molecule has 0 aliphatic rings. The Morgan fingerprint density at radius 3 is 2.64 bits per heavy atom. The predicted octanol–water partition coefficient (Wildman–Crippen LogP) is 4.33. The van der Waals surface area contributed by atoms with E-state index in [4.69, 9.17) is 4.74 Å². The van der Waals surface area contributed by atoms with Crippen LogP contribution in [0.1, 0.15) is 10.6 Å². The fourth-order valence-electron chi connectivity index (χ4n) is 2.52. The average molecular weight is 352 g/mol. The summed E-state index contributed by atoms with van der Waals surface area (Å²) in [5, 5.41) is 0.904. The lowest BCUT2D eigenvalue weighted by Gasteiger charge is -2.16. The van der Waals surface area contributed by atoms with Crippen molar-refractivity contribution in [2.24, 2.45) is 0 Å². The highest BCUT2D eigenvalue weighted by Crippen LogP contribution is 2.30. The highest BCUT2D eigenvalue weighted by molar-refractivity contribution is 7.15. The minimum Gasteiger partial charge on any atom is -0.497 e. The van der Waals surface area contributed by atoms with Gasteiger partial charge in [0.15, 0.2) is 0 Å². The first-order valence-electron chi connectivity index (χ1n) is 8.01. The van der Waals surface area contributed by atoms with Crippen molar-refractivity contribution < 1.29 is 9.53 Å². The fraction of sp³-hybridized carbons (Fsp3) is 0.200. The van der Waals surface area contributed by atoms with E-state index in [1.54, 1.807) is 30.4 Å². The maximum Gasteiger partial charge on any atom is 0.232 e. The number of anilines is 1. The monoisotopic (exact) mass is 352 g/mol. The number of aromatic nitrogens is 1. The van der Waals surface area contributed by atoms with Crippen molar-refractivity contribution in [3.63, 3.8) is 0 Å². The number of rotatable bonds is 5. The summed E-state index contributed by atoms with van der Waals surface area (Å²) < 4.78 is 5.27. The highest BCUT2D eigenvalue weighted by Gasteiger charge is 2.17. The molecule has 4 nitrogen and oxygen atoms in total. The van der Waals surface area contributed by atoms with Gasteiger partial charge in [-0.15, -0.1) is 11.3 Å². The van der Waals surface area contributed by atoms with Crippen LogP contribution in [-0.4, -0.2) is 25.0 Å². The molecule has 1 aromatic heterocycles. The Balaban J connectivity index is 1.79. The van der Waals surface area contributed by atoms with Crippen LogP contribution in [0.5, 0.6) is 5.75 Å². The number of nitrogens with zero attached hydrogens (tertiary/aromatic N) is 2. The molecule has 0 atom stereocenters. The van der Waals surface area contributed by atoms with Gasteiger partial charge in [0.1, 0.15) is 10.8 Å². The molecule has 0 saturated heterocycles. The number of para-hydroxylation sites is 1. The first-order valence-corrected chi connectivity index (χ1v) is 8.82. The topological polar surface area (TPSA) is 42.4 Å². The molecule has 3 aromatic rings. The minimum atomic E-state index is 0.0511. The molecule has 1 amide bonds. The van der Waals surface area contributed by atoms with Crippen molar-refractivity contribution in [1.29, 1.82) is 0 Å². The van der Waals surface area contributed by atoms with Gasteiger partial charge in [0.25, 0.3) is 0 Å². The van der Waals surface area contributed by atoms with Crippen molar-refractivity contribution >= 4 is 22.9 Å². The number of benzene rings is 2. The Hall–Kier alpha value is -2.66. The number of likely N-dealkylation sites (N-methyl/N-ethyl adjacent to an activating group) is 1. The summed E-state index contributed by atoms with van der Waals surface area (Å²) in [4.78, 5) is 19.9. The molecule has 0 radical (unpaired) electrons. The van der Waals surface area contributed by atoms with Crippen molar-refractivity contribution in [1.82, 2.24) is 4.98 Å². The normalized spacial score (nSPS) is 10.5. The van der Waals surface area contributed by atoms with Crippen molar-refractivity contribution in [2.75, 3.05) is 19.1 Å². The largest absolute Gasteiger partial charge is 0.497 e. The number of thiazole rings is 1. The standard InChI is InChI=1S/C20H20N2O2S/c1-14-18(13-19(23)22(2)16-9-5-4-6-10-16)25-20(21-14)15-8-7-11-17(12-15)24-3/h4-12H,13H2,1-3H3. The Labute approximate surface area is 151 Å². The zero-order valence-electron chi connectivity index (χ0n) is 14.5. The number of hydrogen-bond donors (Lipinski definition) is 0. The maximum absolute atomic E-state index is 12.6. The number of aryl methyl sites for hydroxylation is 1. The van der Waals surface area contributed by atoms with Crippen LogP contribution in [0.15, 0.2) is 54.6 Å². The van der Waals surface area contributed by atoms with Crippen LogP contribution in [-0.2, 0) is 11.2 Å². The fourth-order valence-corrected chi connectivity index (χ4v) is 3.57. The molecular weight excluding hydrogens is 332 g/mol. The number of hydrogen-bond acceptors (Lipinski definition) is 4. The number of carbonyl (C=O) groups is 1. The highest BCUT2D eigenvalue weighted by atomic mass is 32.1. The zero-order chi connectivity index (χ0) is 17.8. The summed E-state index contributed by atoms with van der Waals surface area (Å²) in [7, 11) is 3.45. The van der Waals surface area contributed by atoms with Crippen molar-refractivity contribution in [2.45, 2.75) is 13.3 Å². The molecule has 0 aliphatic heterocycles. The van der Waals surface area contributed by atoms with Crippen LogP contribution < -0.4 is 9.64 Å². The van der Waals surface area contributed by atoms with Crippen molar-refractivity contribution in [3.05, 3.63) is 65.2 Å². The van der Waals surface area contributed by atoms with E-state index >= 15 is 0 Å². The lowest BCUT2D eigenvalue weighted by atomic mass is 10.2. The molecule has 0 fully saturated rings. The zero-order valence-corrected chi connectivity index (χ0v) is 15.3. The molecule has 0 aliphatic carbocycles. The molecule has 3 rings (SSSR count). The molecule has 128 valence electrons. The first kappa shape index (κ1) is 17.2. The van der Waals surface area contributed by atoms with Crippen molar-refractivity contribution in [3.8, 4) is 16.3 Å². The number of ether oxygens (including phenoxy) is 1. The molecule has 2 aromatic carbocycles. The molecule has 25 heavy (non-hydrogen) atoms. The van der Waals surface area contributed by atoms with Crippen LogP contribution >= 0.6 is 11.3 Å². The van der Waals surface area contributed by atoms with Crippen LogP contribution in [0.3, 0.4) is 0 Å². The molecular formula is C20H20N2O2S. The molecule has 5 heteroatoms. The van der Waals surface area contributed by atoms with Gasteiger partial charge in [0, 0.05) is 23.2 Å². The Kier molecular flexibility index (Phi) is 5.14. The second kappa shape index (κ2) is 7.49. The van der Waals surface area contributed by atoms with Gasteiger partial charge >= 0.3 is 0 Å². The average Bonchev–Trinajstić information content (AvgIpc) is 3.02. The smallest absolute Gasteiger partial charge is 0.232 e. The van der Waals surface area contributed by atoms with Crippen LogP contribution in [0.2, 0.25) is 0 Å². The summed E-state index contributed by atoms with van der Waals surface area (Å²) in [6, 6.07) is 17.5. The Bertz CT molecular complexity index is 874. The van der Waals surface area contributed by atoms with E-state index in [0.29, 0.717) is 6.42 Å². The minimum absolute atomic E-state index is 0.0511. The number of carbonyl (C=O) groups excluding carboxylic acids is 1. The molecule has 0 spiro atoms. The summed E-state index contributed by atoms with van der Waals surface area (Å²) >= 11 is 1.56. The predicted molar refractivity (Wildman–Crippen MR) is 102 cm³/mol. The van der Waals surface area contributed by atoms with Gasteiger partial charge in [0.2, 0.25) is 5.91 Å². The summed E-state index contributed by atoms with van der Waals surface area (Å²) in [5.41, 5.74) is 2.79. The number of methoxy groups -OCH3 is 1. The molecule has 0 bridgehead atoms. The van der Waals surface area contributed by atoms with Crippen LogP contribution in [0.25, 0.3) is 10.6 Å². The first-order chi connectivity index (χ1) is 12.1. The van der Waals surface area contributed by atoms with E-state index in [-0.39, 0.29) is 5.91 Å². The van der Waals surface area contributed by atoms with E-state index < -0.39 is 0 Å². The Morgan fingerprint density at radius 1 is 1.16 bits per heavy atom. The van der Waals surface area contributed by atoms with E-state index in [1.165, 1.54) is 0 Å². The molecule has 0 N–H and O–H groups in total. The number of amides is 1. The SMILES string of the molecule is COc1cccc(-c2nc(C)c(CC(=O)N(C)c3ccccc3)s2)c1. The van der Waals surface area contributed by atoms with Gasteiger partial charge in [-0.2, -0.15) is 0 Å². The van der Waals surface area contributed by atoms with E-state index in [1.807, 2.05) is 61.5 Å². The van der Waals surface area contributed by atoms with E-state index in [0.717, 1.165) is 32.6 Å². The lowest BCUT2D eigenvalue weighted by Crippen LogP contribution is -2.27. The summed E-state index contributed by atoms with van der Waals surface area (Å²) in [6.07, 6.45) is 0.346. The molecule has 0 unspecified atom stereocenters. The lowest BCUT2D eigenvalue weighted by molar-refractivity contribution is -0.117.